The summed E-state index contributed by atoms with van der Waals surface area (Å²) in [6.45, 7) is 4.52. The number of fused-ring (bicyclic) bond motifs is 5. The fourth-order valence-electron chi connectivity index (χ4n) is 9.30. The summed E-state index contributed by atoms with van der Waals surface area (Å²) < 4.78 is 43.8. The van der Waals surface area contributed by atoms with Crippen LogP contribution in [0.1, 0.15) is 110 Å². The highest BCUT2D eigenvalue weighted by molar-refractivity contribution is 5.69. The van der Waals surface area contributed by atoms with Gasteiger partial charge in [0.05, 0.1) is 12.2 Å². The van der Waals surface area contributed by atoms with Gasteiger partial charge in [0.1, 0.15) is 0 Å². The minimum Gasteiger partial charge on any atom is -0.456 e. The zero-order chi connectivity index (χ0) is 24.4. The van der Waals surface area contributed by atoms with Crippen molar-refractivity contribution in [2.45, 2.75) is 134 Å². The fourth-order valence-corrected chi connectivity index (χ4v) is 9.30. The molecule has 0 heterocycles. The lowest BCUT2D eigenvalue weighted by atomic mass is 9.47. The van der Waals surface area contributed by atoms with E-state index in [0.29, 0.717) is 42.3 Å². The molecular weight excluding hydrogens is 446 g/mol. The van der Waals surface area contributed by atoms with Crippen molar-refractivity contribution < 1.29 is 23.0 Å². The van der Waals surface area contributed by atoms with Gasteiger partial charge in [0.25, 0.3) is 0 Å². The second kappa shape index (κ2) is 8.81. The van der Waals surface area contributed by atoms with Gasteiger partial charge in [0.2, 0.25) is 0 Å². The first-order valence-corrected chi connectivity index (χ1v) is 14.7. The maximum absolute atomic E-state index is 15.9. The Morgan fingerprint density at radius 1 is 0.943 bits per heavy atom. The van der Waals surface area contributed by atoms with Crippen molar-refractivity contribution in [1.82, 2.24) is 0 Å². The molecule has 2 unspecified atom stereocenters. The van der Waals surface area contributed by atoms with Gasteiger partial charge in [-0.2, -0.15) is 8.78 Å². The Kier molecular flexibility index (Phi) is 6.13. The first kappa shape index (κ1) is 24.4. The molecule has 0 amide bonds. The van der Waals surface area contributed by atoms with Crippen LogP contribution in [0.4, 0.5) is 8.78 Å². The average Bonchev–Trinajstić information content (AvgIpc) is 3.35. The Hall–Kier alpha value is -0.970. The molecule has 0 N–H and O–H groups in total. The second-order valence-corrected chi connectivity index (χ2v) is 13.4. The van der Waals surface area contributed by atoms with Gasteiger partial charge in [-0.15, -0.1) is 0 Å². The number of ether oxygens (including phenoxy) is 2. The van der Waals surface area contributed by atoms with E-state index in [1.165, 1.54) is 32.1 Å². The van der Waals surface area contributed by atoms with E-state index in [4.69, 9.17) is 9.47 Å². The van der Waals surface area contributed by atoms with Crippen LogP contribution in [0.15, 0.2) is 11.6 Å². The van der Waals surface area contributed by atoms with E-state index in [9.17, 15) is 4.79 Å². The number of hydrogen-bond acceptors (Lipinski definition) is 3. The van der Waals surface area contributed by atoms with Crippen molar-refractivity contribution in [2.24, 2.45) is 34.5 Å². The topological polar surface area (TPSA) is 35.5 Å². The molecule has 0 aliphatic heterocycles. The van der Waals surface area contributed by atoms with Gasteiger partial charge in [0.15, 0.2) is 6.10 Å². The molecule has 7 atom stereocenters. The van der Waals surface area contributed by atoms with E-state index < -0.39 is 23.4 Å². The van der Waals surface area contributed by atoms with Crippen molar-refractivity contribution in [3.63, 3.8) is 0 Å². The van der Waals surface area contributed by atoms with Crippen LogP contribution in [-0.2, 0) is 14.3 Å². The summed E-state index contributed by atoms with van der Waals surface area (Å²) in [6.07, 6.45) is 15.7. The highest BCUT2D eigenvalue weighted by atomic mass is 19.3. The predicted molar refractivity (Wildman–Crippen MR) is 131 cm³/mol. The quantitative estimate of drug-likeness (QED) is 0.284. The van der Waals surface area contributed by atoms with E-state index >= 15 is 8.78 Å². The maximum atomic E-state index is 15.9. The summed E-state index contributed by atoms with van der Waals surface area (Å²) >= 11 is 0. The molecule has 0 radical (unpaired) electrons. The smallest absolute Gasteiger partial charge is 0.306 e. The standard InChI is InChI=1S/C30H44F2O3/c1-28-18-16-26(35-27(33)14-7-19-5-3-4-6-19)30(31,32)24(28)12-10-21-22-11-13-25(34-20-8-9-20)29(22,2)17-15-23(21)28/h12,19-23,25-26H,3-11,13-18H2,1-2H3/t21-,22-,23+,25?,26?,28+,29-/m0/s1. The predicted octanol–water partition coefficient (Wildman–Crippen LogP) is 7.62. The lowest BCUT2D eigenvalue weighted by molar-refractivity contribution is -0.184. The average molecular weight is 491 g/mol. The molecule has 0 aromatic carbocycles. The molecule has 0 spiro atoms. The number of rotatable bonds is 6. The lowest BCUT2D eigenvalue weighted by Gasteiger charge is -2.59. The Labute approximate surface area is 209 Å². The molecule has 5 fully saturated rings. The molecule has 0 saturated heterocycles. The molecule has 3 nitrogen and oxygen atoms in total. The van der Waals surface area contributed by atoms with Gasteiger partial charge in [0, 0.05) is 12.0 Å². The molecule has 0 aromatic rings. The number of carbonyl (C=O) groups excluding carboxylic acids is 1. The highest BCUT2D eigenvalue weighted by Crippen LogP contribution is 2.67. The van der Waals surface area contributed by atoms with Gasteiger partial charge >= 0.3 is 11.9 Å². The number of allylic oxidation sites excluding steroid dienone is 1. The van der Waals surface area contributed by atoms with Gasteiger partial charge in [-0.1, -0.05) is 45.6 Å². The van der Waals surface area contributed by atoms with Crippen molar-refractivity contribution in [1.29, 1.82) is 0 Å². The summed E-state index contributed by atoms with van der Waals surface area (Å²) in [5.41, 5.74) is -0.0193. The summed E-state index contributed by atoms with van der Waals surface area (Å²) in [5, 5.41) is 0. The van der Waals surface area contributed by atoms with Gasteiger partial charge in [-0.25, -0.2) is 0 Å². The van der Waals surface area contributed by atoms with Gasteiger partial charge in [-0.3, -0.25) is 4.79 Å². The molecule has 5 heteroatoms. The van der Waals surface area contributed by atoms with Crippen LogP contribution in [0.3, 0.4) is 0 Å². The molecule has 6 rings (SSSR count). The van der Waals surface area contributed by atoms with E-state index in [1.807, 2.05) is 6.08 Å². The monoisotopic (exact) mass is 490 g/mol. The zero-order valence-corrected chi connectivity index (χ0v) is 21.7. The molecule has 0 bridgehead atoms. The lowest BCUT2D eigenvalue weighted by Crippen LogP contribution is -2.57. The van der Waals surface area contributed by atoms with Crippen LogP contribution < -0.4 is 0 Å². The summed E-state index contributed by atoms with van der Waals surface area (Å²) in [4.78, 5) is 12.5. The Bertz CT molecular complexity index is 860. The van der Waals surface area contributed by atoms with E-state index in [2.05, 4.69) is 13.8 Å². The zero-order valence-electron chi connectivity index (χ0n) is 21.7. The van der Waals surface area contributed by atoms with Crippen LogP contribution in [0, 0.1) is 34.5 Å². The minimum absolute atomic E-state index is 0.194. The molecule has 6 aliphatic carbocycles. The third-order valence-corrected chi connectivity index (χ3v) is 11.5. The first-order valence-electron chi connectivity index (χ1n) is 14.7. The first-order chi connectivity index (χ1) is 16.7. The summed E-state index contributed by atoms with van der Waals surface area (Å²) in [5.74, 6) is -1.59. The van der Waals surface area contributed by atoms with Crippen molar-refractivity contribution in [3.05, 3.63) is 11.6 Å². The fraction of sp³-hybridized carbons (Fsp3) is 0.900. The molecule has 196 valence electrons. The van der Waals surface area contributed by atoms with Crippen molar-refractivity contribution in [2.75, 3.05) is 0 Å². The highest BCUT2D eigenvalue weighted by Gasteiger charge is 2.64. The Balaban J connectivity index is 1.15. The van der Waals surface area contributed by atoms with Gasteiger partial charge in [-0.05, 0) is 98.7 Å². The van der Waals surface area contributed by atoms with E-state index in [1.54, 1.807) is 0 Å². The molecular formula is C30H44F2O3. The molecule has 35 heavy (non-hydrogen) atoms. The molecule has 6 aliphatic rings. The third-order valence-electron chi connectivity index (χ3n) is 11.5. The minimum atomic E-state index is -3.06. The van der Waals surface area contributed by atoms with Crippen molar-refractivity contribution >= 4 is 5.97 Å². The van der Waals surface area contributed by atoms with E-state index in [0.717, 1.165) is 44.9 Å². The van der Waals surface area contributed by atoms with Crippen molar-refractivity contribution in [3.8, 4) is 0 Å². The SMILES string of the molecule is C[C@]12CCC(OC(=O)CCC3CCCC3)C(F)(F)C1=CC[C@@H]1[C@H]2CC[C@]2(C)C(OC3CC3)CC[C@@H]12. The number of alkyl halides is 2. The summed E-state index contributed by atoms with van der Waals surface area (Å²) in [7, 11) is 0. The van der Waals surface area contributed by atoms with Crippen LogP contribution in [0.5, 0.6) is 0 Å². The Morgan fingerprint density at radius 2 is 1.71 bits per heavy atom. The van der Waals surface area contributed by atoms with E-state index in [-0.39, 0.29) is 23.8 Å². The molecule has 0 aromatic heterocycles. The summed E-state index contributed by atoms with van der Waals surface area (Å²) in [6, 6.07) is 0. The second-order valence-electron chi connectivity index (χ2n) is 13.4. The molecule has 5 saturated carbocycles. The van der Waals surface area contributed by atoms with Crippen LogP contribution in [0.2, 0.25) is 0 Å². The number of hydrogen-bond donors (Lipinski definition) is 0. The van der Waals surface area contributed by atoms with Crippen LogP contribution >= 0.6 is 0 Å². The normalized spacial score (nSPS) is 44.8. The third kappa shape index (κ3) is 4.10. The largest absolute Gasteiger partial charge is 0.456 e. The maximum Gasteiger partial charge on any atom is 0.306 e. The Morgan fingerprint density at radius 3 is 2.46 bits per heavy atom. The number of esters is 1. The number of halogens is 2. The number of carbonyl (C=O) groups is 1. The van der Waals surface area contributed by atoms with Crippen LogP contribution in [0.25, 0.3) is 0 Å². The van der Waals surface area contributed by atoms with Gasteiger partial charge < -0.3 is 9.47 Å². The van der Waals surface area contributed by atoms with Crippen LogP contribution in [-0.4, -0.2) is 30.2 Å².